The third-order valence-corrected chi connectivity index (χ3v) is 5.16. The summed E-state index contributed by atoms with van der Waals surface area (Å²) in [5.41, 5.74) is 0.669. The van der Waals surface area contributed by atoms with E-state index in [-0.39, 0.29) is 6.61 Å². The molecule has 26 heavy (non-hydrogen) atoms. The van der Waals surface area contributed by atoms with Crippen LogP contribution in [0.3, 0.4) is 0 Å². The molecule has 4 heteroatoms. The van der Waals surface area contributed by atoms with E-state index in [0.29, 0.717) is 5.56 Å². The number of esters is 1. The molecule has 2 aromatic rings. The van der Waals surface area contributed by atoms with E-state index in [1.165, 1.54) is 0 Å². The molecule has 1 aliphatic carbocycles. The van der Waals surface area contributed by atoms with E-state index in [1.807, 2.05) is 62.4 Å². The fourth-order valence-corrected chi connectivity index (χ4v) is 4.16. The van der Waals surface area contributed by atoms with Gasteiger partial charge in [-0.25, -0.2) is 0 Å². The van der Waals surface area contributed by atoms with Crippen LogP contribution in [0.2, 0.25) is 0 Å². The first-order valence-electron chi connectivity index (χ1n) is 8.61. The number of nitriles is 2. The minimum atomic E-state index is -1.54. The Hall–Kier alpha value is -3.11. The number of hydrogen-bond donors (Lipinski definition) is 0. The molecule has 1 saturated carbocycles. The van der Waals surface area contributed by atoms with Crippen LogP contribution in [0.15, 0.2) is 48.5 Å². The number of aryl methyl sites for hydroxylation is 2. The van der Waals surface area contributed by atoms with Crippen molar-refractivity contribution in [1.29, 1.82) is 10.5 Å². The molecule has 0 aromatic heterocycles. The van der Waals surface area contributed by atoms with Gasteiger partial charge in [-0.15, -0.1) is 0 Å². The third-order valence-electron chi connectivity index (χ3n) is 5.16. The Morgan fingerprint density at radius 1 is 1.08 bits per heavy atom. The van der Waals surface area contributed by atoms with Crippen LogP contribution in [0.4, 0.5) is 0 Å². The van der Waals surface area contributed by atoms with Gasteiger partial charge >= 0.3 is 5.97 Å². The van der Waals surface area contributed by atoms with E-state index < -0.39 is 22.7 Å². The fraction of sp³-hybridized carbons (Fsp3) is 0.318. The lowest BCUT2D eigenvalue weighted by Crippen LogP contribution is -2.27. The molecule has 0 bridgehead atoms. The van der Waals surface area contributed by atoms with Gasteiger partial charge in [-0.05, 0) is 31.9 Å². The predicted molar refractivity (Wildman–Crippen MR) is 97.1 cm³/mol. The quantitative estimate of drug-likeness (QED) is 0.788. The molecule has 0 N–H and O–H groups in total. The van der Waals surface area contributed by atoms with Gasteiger partial charge in [-0.1, -0.05) is 59.7 Å². The highest BCUT2D eigenvalue weighted by Crippen LogP contribution is 2.74. The monoisotopic (exact) mass is 344 g/mol. The van der Waals surface area contributed by atoms with E-state index >= 15 is 0 Å². The van der Waals surface area contributed by atoms with Gasteiger partial charge < -0.3 is 4.74 Å². The summed E-state index contributed by atoms with van der Waals surface area (Å²) in [6.45, 7) is 5.76. The highest BCUT2D eigenvalue weighted by molar-refractivity contribution is 5.93. The normalized spacial score (nSPS) is 26.4. The number of hydrogen-bond acceptors (Lipinski definition) is 4. The minimum absolute atomic E-state index is 0.165. The average Bonchev–Trinajstić information content (AvgIpc) is 3.26. The maximum absolute atomic E-state index is 12.9. The first-order chi connectivity index (χ1) is 12.5. The summed E-state index contributed by atoms with van der Waals surface area (Å²) in [4.78, 5) is 12.9. The number of benzene rings is 2. The maximum Gasteiger partial charge on any atom is 0.329 e. The summed E-state index contributed by atoms with van der Waals surface area (Å²) in [6.07, 6.45) is 0. The van der Waals surface area contributed by atoms with Crippen LogP contribution in [0.5, 0.6) is 0 Å². The third kappa shape index (κ3) is 2.23. The topological polar surface area (TPSA) is 73.9 Å². The molecule has 0 amide bonds. The molecular formula is C22H20N2O2. The Balaban J connectivity index is 2.28. The zero-order valence-corrected chi connectivity index (χ0v) is 15.1. The van der Waals surface area contributed by atoms with Crippen molar-refractivity contribution in [3.05, 3.63) is 70.8 Å². The van der Waals surface area contributed by atoms with Crippen LogP contribution >= 0.6 is 0 Å². The molecular weight excluding hydrogens is 324 g/mol. The molecule has 0 aliphatic heterocycles. The summed E-state index contributed by atoms with van der Waals surface area (Å²) in [6, 6.07) is 19.6. The van der Waals surface area contributed by atoms with E-state index in [1.54, 1.807) is 6.92 Å². The zero-order valence-electron chi connectivity index (χ0n) is 15.1. The van der Waals surface area contributed by atoms with Gasteiger partial charge in [-0.3, -0.25) is 4.79 Å². The molecule has 3 rings (SSSR count). The average molecular weight is 344 g/mol. The zero-order chi connectivity index (χ0) is 18.9. The summed E-state index contributed by atoms with van der Waals surface area (Å²) >= 11 is 0. The van der Waals surface area contributed by atoms with Crippen molar-refractivity contribution in [3.8, 4) is 12.1 Å². The molecule has 4 nitrogen and oxygen atoms in total. The predicted octanol–water partition coefficient (Wildman–Crippen LogP) is 3.94. The van der Waals surface area contributed by atoms with E-state index in [2.05, 4.69) is 12.1 Å². The van der Waals surface area contributed by atoms with E-state index in [0.717, 1.165) is 16.7 Å². The molecule has 0 radical (unpaired) electrons. The second kappa shape index (κ2) is 6.32. The number of nitrogens with zero attached hydrogens (tertiary/aromatic N) is 2. The smallest absolute Gasteiger partial charge is 0.329 e. The largest absolute Gasteiger partial charge is 0.465 e. The van der Waals surface area contributed by atoms with Gasteiger partial charge in [0.2, 0.25) is 0 Å². The van der Waals surface area contributed by atoms with E-state index in [4.69, 9.17) is 4.74 Å². The van der Waals surface area contributed by atoms with Crippen LogP contribution in [-0.4, -0.2) is 12.6 Å². The maximum atomic E-state index is 12.9. The van der Waals surface area contributed by atoms with Gasteiger partial charge in [0.05, 0.1) is 18.7 Å². The number of carbonyl (C=O) groups is 1. The molecule has 1 aliphatic rings. The van der Waals surface area contributed by atoms with Crippen molar-refractivity contribution in [1.82, 2.24) is 0 Å². The van der Waals surface area contributed by atoms with Crippen LogP contribution < -0.4 is 0 Å². The highest BCUT2D eigenvalue weighted by atomic mass is 16.5. The first-order valence-corrected chi connectivity index (χ1v) is 8.61. The van der Waals surface area contributed by atoms with Crippen LogP contribution in [0.1, 0.15) is 35.1 Å². The minimum Gasteiger partial charge on any atom is -0.465 e. The van der Waals surface area contributed by atoms with Gasteiger partial charge in [0, 0.05) is 5.92 Å². The molecule has 2 aromatic carbocycles. The van der Waals surface area contributed by atoms with Crippen molar-refractivity contribution >= 4 is 5.97 Å². The Kier molecular flexibility index (Phi) is 4.30. The molecule has 0 saturated heterocycles. The molecule has 130 valence electrons. The summed E-state index contributed by atoms with van der Waals surface area (Å²) < 4.78 is 5.24. The number of carbonyl (C=O) groups excluding carboxylic acids is 1. The number of rotatable bonds is 4. The van der Waals surface area contributed by atoms with Crippen molar-refractivity contribution < 1.29 is 9.53 Å². The van der Waals surface area contributed by atoms with Crippen molar-refractivity contribution in [2.75, 3.05) is 6.61 Å². The van der Waals surface area contributed by atoms with Gasteiger partial charge in [0.1, 0.15) is 5.41 Å². The van der Waals surface area contributed by atoms with Crippen molar-refractivity contribution in [2.45, 2.75) is 32.1 Å². The summed E-state index contributed by atoms with van der Waals surface area (Å²) in [5.74, 6) is -1.19. The lowest BCUT2D eigenvalue weighted by molar-refractivity contribution is -0.148. The second-order valence-corrected chi connectivity index (χ2v) is 6.78. The number of ether oxygens (including phenoxy) is 1. The highest BCUT2D eigenvalue weighted by Gasteiger charge is 2.84. The first kappa shape index (κ1) is 17.7. The fourth-order valence-electron chi connectivity index (χ4n) is 4.16. The Morgan fingerprint density at radius 2 is 1.69 bits per heavy atom. The van der Waals surface area contributed by atoms with Gasteiger partial charge in [-0.2, -0.15) is 10.5 Å². The van der Waals surface area contributed by atoms with E-state index in [9.17, 15) is 15.3 Å². The Morgan fingerprint density at radius 3 is 2.19 bits per heavy atom. The van der Waals surface area contributed by atoms with Crippen molar-refractivity contribution in [3.63, 3.8) is 0 Å². The van der Waals surface area contributed by atoms with Crippen LogP contribution in [0, 0.1) is 41.9 Å². The molecule has 1 fully saturated rings. The molecule has 0 spiro atoms. The summed E-state index contributed by atoms with van der Waals surface area (Å²) in [7, 11) is 0. The summed E-state index contributed by atoms with van der Waals surface area (Å²) in [5, 5.41) is 20.2. The Bertz CT molecular complexity index is 919. The van der Waals surface area contributed by atoms with Gasteiger partial charge in [0.15, 0.2) is 5.41 Å². The van der Waals surface area contributed by atoms with Crippen LogP contribution in [-0.2, 0) is 14.9 Å². The SMILES string of the molecule is CCOC(=O)[C@@]1(C#N)[C@H](c2ccccc2)[C@]1(C#N)c1cc(C)cc(C)c1. The van der Waals surface area contributed by atoms with Gasteiger partial charge in [0.25, 0.3) is 0 Å². The lowest BCUT2D eigenvalue weighted by Gasteiger charge is -2.15. The van der Waals surface area contributed by atoms with Crippen LogP contribution in [0.25, 0.3) is 0 Å². The lowest BCUT2D eigenvalue weighted by atomic mass is 9.86. The second-order valence-electron chi connectivity index (χ2n) is 6.78. The van der Waals surface area contributed by atoms with Crippen molar-refractivity contribution in [2.24, 2.45) is 5.41 Å². The molecule has 0 unspecified atom stereocenters. The Labute approximate surface area is 153 Å². The molecule has 3 atom stereocenters. The standard InChI is InChI=1S/C22H20N2O2/c1-4-26-20(25)22(14-24)19(17-8-6-5-7-9-17)21(22,13-23)18-11-15(2)10-16(3)12-18/h5-12,19H,4H2,1-3H3/t19-,21+,22-/m1/s1. The molecule has 0 heterocycles.